The van der Waals surface area contributed by atoms with Crippen molar-refractivity contribution in [2.45, 2.75) is 271 Å². The standard InChI is InChI=1S/C50H94O2/c1-3-5-7-9-11-13-15-17-19-20-21-22-23-24-25-26-27-28-29-30-31-32-33-35-37-39-41-43-45-47-49-52-50(51)48-46-44-42-40-38-36-34-18-16-14-12-10-8-6-4-2/h6,8,12,14,18,34H,3-5,7,9-11,13,15-17,19-33,35-49H2,1-2H3/b8-6-,14-12-,34-18-. The highest BCUT2D eigenvalue weighted by Gasteiger charge is 2.03. The Balaban J connectivity index is 3.17. The maximum atomic E-state index is 12.0. The molecule has 0 N–H and O–H groups in total. The molecule has 0 aromatic heterocycles. The predicted molar refractivity (Wildman–Crippen MR) is 234 cm³/mol. The third kappa shape index (κ3) is 46.7. The van der Waals surface area contributed by atoms with Crippen LogP contribution in [0, 0.1) is 0 Å². The molecule has 0 radical (unpaired) electrons. The summed E-state index contributed by atoms with van der Waals surface area (Å²) < 4.78 is 5.47. The lowest BCUT2D eigenvalue weighted by Crippen LogP contribution is -2.05. The normalized spacial score (nSPS) is 12.0. The fourth-order valence-corrected chi connectivity index (χ4v) is 7.27. The summed E-state index contributed by atoms with van der Waals surface area (Å²) in [7, 11) is 0. The number of unbranched alkanes of at least 4 members (excludes halogenated alkanes) is 34. The first-order chi connectivity index (χ1) is 25.8. The highest BCUT2D eigenvalue weighted by molar-refractivity contribution is 5.69. The largest absolute Gasteiger partial charge is 0.466 e. The van der Waals surface area contributed by atoms with E-state index in [4.69, 9.17) is 4.74 Å². The monoisotopic (exact) mass is 727 g/mol. The molecule has 0 bridgehead atoms. The Labute approximate surface area is 328 Å². The van der Waals surface area contributed by atoms with Gasteiger partial charge in [0.05, 0.1) is 6.61 Å². The number of hydrogen-bond acceptors (Lipinski definition) is 2. The summed E-state index contributed by atoms with van der Waals surface area (Å²) in [4.78, 5) is 12.0. The van der Waals surface area contributed by atoms with Crippen LogP contribution in [0.5, 0.6) is 0 Å². The minimum atomic E-state index is 0.0107. The van der Waals surface area contributed by atoms with Gasteiger partial charge in [-0.15, -0.1) is 0 Å². The van der Waals surface area contributed by atoms with Crippen LogP contribution in [0.1, 0.15) is 271 Å². The predicted octanol–water partition coefficient (Wildman–Crippen LogP) is 17.8. The number of esters is 1. The van der Waals surface area contributed by atoms with Gasteiger partial charge in [-0.05, 0) is 44.9 Å². The van der Waals surface area contributed by atoms with E-state index < -0.39 is 0 Å². The van der Waals surface area contributed by atoms with E-state index in [1.54, 1.807) is 0 Å². The quantitative estimate of drug-likeness (QED) is 0.0355. The molecule has 2 nitrogen and oxygen atoms in total. The van der Waals surface area contributed by atoms with Crippen LogP contribution in [-0.2, 0) is 9.53 Å². The first-order valence-electron chi connectivity index (χ1n) is 23.9. The van der Waals surface area contributed by atoms with E-state index in [-0.39, 0.29) is 5.97 Å². The zero-order valence-electron chi connectivity index (χ0n) is 35.8. The van der Waals surface area contributed by atoms with Crippen LogP contribution in [-0.4, -0.2) is 12.6 Å². The molecule has 0 aliphatic carbocycles. The minimum absolute atomic E-state index is 0.0107. The highest BCUT2D eigenvalue weighted by Crippen LogP contribution is 2.17. The molecule has 52 heavy (non-hydrogen) atoms. The molecule has 0 aliphatic heterocycles. The molecule has 0 heterocycles. The third-order valence-electron chi connectivity index (χ3n) is 10.8. The second-order valence-corrected chi connectivity index (χ2v) is 16.1. The second-order valence-electron chi connectivity index (χ2n) is 16.1. The average Bonchev–Trinajstić information content (AvgIpc) is 3.15. The molecule has 0 aromatic carbocycles. The lowest BCUT2D eigenvalue weighted by atomic mass is 10.0. The van der Waals surface area contributed by atoms with Gasteiger partial charge in [-0.2, -0.15) is 0 Å². The number of ether oxygens (including phenoxy) is 1. The van der Waals surface area contributed by atoms with Gasteiger partial charge in [0, 0.05) is 6.42 Å². The summed E-state index contributed by atoms with van der Waals surface area (Å²) in [6.45, 7) is 5.10. The lowest BCUT2D eigenvalue weighted by Gasteiger charge is -2.06. The van der Waals surface area contributed by atoms with Gasteiger partial charge < -0.3 is 4.74 Å². The van der Waals surface area contributed by atoms with E-state index in [1.807, 2.05) is 0 Å². The number of carbonyl (C=O) groups is 1. The van der Waals surface area contributed by atoms with Crippen molar-refractivity contribution < 1.29 is 9.53 Å². The topological polar surface area (TPSA) is 26.3 Å². The summed E-state index contributed by atoms with van der Waals surface area (Å²) in [5, 5.41) is 0. The number of allylic oxidation sites excluding steroid dienone is 6. The van der Waals surface area contributed by atoms with Crippen molar-refractivity contribution in [1.82, 2.24) is 0 Å². The first-order valence-corrected chi connectivity index (χ1v) is 23.9. The van der Waals surface area contributed by atoms with Crippen molar-refractivity contribution in [3.05, 3.63) is 36.5 Å². The Hall–Kier alpha value is -1.31. The molecule has 0 rings (SSSR count). The number of hydrogen-bond donors (Lipinski definition) is 0. The molecule has 0 saturated heterocycles. The van der Waals surface area contributed by atoms with E-state index in [2.05, 4.69) is 50.3 Å². The SMILES string of the molecule is CC/C=C\C/C=C\C/C=C\CCCCCCCC(=O)OCCCCCCCCCCCCCCCCCCCCCCCCCCCCCCCC. The van der Waals surface area contributed by atoms with Gasteiger partial charge in [0.1, 0.15) is 0 Å². The zero-order valence-corrected chi connectivity index (χ0v) is 35.8. The van der Waals surface area contributed by atoms with Crippen LogP contribution in [0.15, 0.2) is 36.5 Å². The summed E-state index contributed by atoms with van der Waals surface area (Å²) in [6, 6.07) is 0. The average molecular weight is 727 g/mol. The Morgan fingerprint density at radius 3 is 1.04 bits per heavy atom. The van der Waals surface area contributed by atoms with Crippen LogP contribution in [0.2, 0.25) is 0 Å². The molecule has 0 fully saturated rings. The fourth-order valence-electron chi connectivity index (χ4n) is 7.27. The van der Waals surface area contributed by atoms with Crippen LogP contribution in [0.4, 0.5) is 0 Å². The van der Waals surface area contributed by atoms with Crippen LogP contribution < -0.4 is 0 Å². The summed E-state index contributed by atoms with van der Waals surface area (Å²) in [5.74, 6) is 0.0107. The van der Waals surface area contributed by atoms with E-state index in [1.165, 1.54) is 212 Å². The van der Waals surface area contributed by atoms with Gasteiger partial charge in [0.2, 0.25) is 0 Å². The molecular weight excluding hydrogens is 633 g/mol. The number of carbonyl (C=O) groups excluding carboxylic acids is 1. The van der Waals surface area contributed by atoms with E-state index >= 15 is 0 Å². The second kappa shape index (κ2) is 47.7. The van der Waals surface area contributed by atoms with Gasteiger partial charge in [-0.3, -0.25) is 4.79 Å². The third-order valence-corrected chi connectivity index (χ3v) is 10.8. The minimum Gasteiger partial charge on any atom is -0.466 e. The maximum Gasteiger partial charge on any atom is 0.305 e. The van der Waals surface area contributed by atoms with Crippen LogP contribution in [0.25, 0.3) is 0 Å². The van der Waals surface area contributed by atoms with Gasteiger partial charge in [0.15, 0.2) is 0 Å². The Morgan fingerprint density at radius 1 is 0.346 bits per heavy atom. The smallest absolute Gasteiger partial charge is 0.305 e. The van der Waals surface area contributed by atoms with Crippen molar-refractivity contribution in [2.24, 2.45) is 0 Å². The molecule has 306 valence electrons. The number of rotatable bonds is 44. The lowest BCUT2D eigenvalue weighted by molar-refractivity contribution is -0.143. The van der Waals surface area contributed by atoms with Gasteiger partial charge in [0.25, 0.3) is 0 Å². The van der Waals surface area contributed by atoms with Crippen LogP contribution in [0.3, 0.4) is 0 Å². The van der Waals surface area contributed by atoms with Crippen molar-refractivity contribution >= 4 is 5.97 Å². The van der Waals surface area contributed by atoms with Gasteiger partial charge in [-0.25, -0.2) is 0 Å². The Kier molecular flexibility index (Phi) is 46.5. The molecule has 0 amide bonds. The Morgan fingerprint density at radius 2 is 0.654 bits per heavy atom. The molecule has 0 aliphatic rings. The van der Waals surface area contributed by atoms with E-state index in [0.29, 0.717) is 13.0 Å². The van der Waals surface area contributed by atoms with Crippen LogP contribution >= 0.6 is 0 Å². The highest BCUT2D eigenvalue weighted by atomic mass is 16.5. The van der Waals surface area contributed by atoms with Crippen molar-refractivity contribution in [3.8, 4) is 0 Å². The first kappa shape index (κ1) is 50.7. The van der Waals surface area contributed by atoms with E-state index in [0.717, 1.165) is 38.5 Å². The summed E-state index contributed by atoms with van der Waals surface area (Å²) in [6.07, 6.45) is 67.1. The molecule has 0 aromatic rings. The van der Waals surface area contributed by atoms with Crippen molar-refractivity contribution in [1.29, 1.82) is 0 Å². The summed E-state index contributed by atoms with van der Waals surface area (Å²) >= 11 is 0. The molecule has 2 heteroatoms. The molecule has 0 saturated carbocycles. The van der Waals surface area contributed by atoms with E-state index in [9.17, 15) is 4.79 Å². The van der Waals surface area contributed by atoms with Gasteiger partial charge >= 0.3 is 5.97 Å². The maximum absolute atomic E-state index is 12.0. The fraction of sp³-hybridized carbons (Fsp3) is 0.860. The summed E-state index contributed by atoms with van der Waals surface area (Å²) in [5.41, 5.74) is 0. The molecule has 0 spiro atoms. The zero-order chi connectivity index (χ0) is 37.5. The van der Waals surface area contributed by atoms with Crippen molar-refractivity contribution in [2.75, 3.05) is 6.61 Å². The van der Waals surface area contributed by atoms with Gasteiger partial charge in [-0.1, -0.05) is 256 Å². The molecular formula is C50H94O2. The molecule has 0 atom stereocenters. The Bertz CT molecular complexity index is 749. The molecule has 0 unspecified atom stereocenters. The van der Waals surface area contributed by atoms with Crippen molar-refractivity contribution in [3.63, 3.8) is 0 Å².